The summed E-state index contributed by atoms with van der Waals surface area (Å²) in [6, 6.07) is 6.20. The van der Waals surface area contributed by atoms with Crippen LogP contribution in [-0.4, -0.2) is 24.8 Å². The quantitative estimate of drug-likeness (QED) is 0.901. The van der Waals surface area contributed by atoms with Gasteiger partial charge in [0.05, 0.1) is 13.2 Å². The molecule has 5 atom stereocenters. The standard InChI is InChI=1S/C22H29NO3/c1-4-20(25)23-21-19(24)12-18-17-7-5-13-11-14(26-3)6-8-15(13)16(17)9-10-22(18,21)2/h6,8,11,16-18,21H,4-5,7,9-10,12H2,1-3H3,(H,23,25)/t16-,17-,18+,21+,22+/m1/s1. The summed E-state index contributed by atoms with van der Waals surface area (Å²) in [5.74, 6) is 2.62. The summed E-state index contributed by atoms with van der Waals surface area (Å²) >= 11 is 0. The predicted molar refractivity (Wildman–Crippen MR) is 100 cm³/mol. The predicted octanol–water partition coefficient (Wildman–Crippen LogP) is 3.63. The van der Waals surface area contributed by atoms with Crippen LogP contribution in [0.2, 0.25) is 0 Å². The van der Waals surface area contributed by atoms with Gasteiger partial charge in [0, 0.05) is 12.8 Å². The summed E-state index contributed by atoms with van der Waals surface area (Å²) in [5.41, 5.74) is 2.78. The lowest BCUT2D eigenvalue weighted by molar-refractivity contribution is -0.128. The van der Waals surface area contributed by atoms with Crippen molar-refractivity contribution >= 4 is 11.7 Å². The molecule has 0 aromatic heterocycles. The van der Waals surface area contributed by atoms with E-state index < -0.39 is 0 Å². The SMILES string of the molecule is CCC(=O)N[C@H]1C(=O)C[C@H]2[C@@H]3CCc4cc(OC)ccc4[C@H]3CC[C@]12C. The zero-order chi connectivity index (χ0) is 18.5. The zero-order valence-corrected chi connectivity index (χ0v) is 16.0. The molecule has 2 fully saturated rings. The van der Waals surface area contributed by atoms with Crippen molar-refractivity contribution in [3.63, 3.8) is 0 Å². The van der Waals surface area contributed by atoms with Crippen molar-refractivity contribution in [3.05, 3.63) is 29.3 Å². The van der Waals surface area contributed by atoms with E-state index in [0.717, 1.165) is 31.4 Å². The number of ketones is 1. The first-order chi connectivity index (χ1) is 12.5. The number of ether oxygens (including phenoxy) is 1. The number of rotatable bonds is 3. The van der Waals surface area contributed by atoms with Gasteiger partial charge in [-0.25, -0.2) is 0 Å². The Labute approximate surface area is 155 Å². The highest BCUT2D eigenvalue weighted by Crippen LogP contribution is 2.60. The van der Waals surface area contributed by atoms with Gasteiger partial charge in [-0.05, 0) is 72.1 Å². The molecule has 2 saturated carbocycles. The molecule has 4 nitrogen and oxygen atoms in total. The van der Waals surface area contributed by atoms with Crippen molar-refractivity contribution in [1.82, 2.24) is 5.32 Å². The van der Waals surface area contributed by atoms with Gasteiger partial charge in [0.1, 0.15) is 5.75 Å². The van der Waals surface area contributed by atoms with Crippen molar-refractivity contribution in [2.75, 3.05) is 7.11 Å². The Hall–Kier alpha value is -1.84. The molecule has 1 aromatic carbocycles. The molecule has 0 unspecified atom stereocenters. The van der Waals surface area contributed by atoms with Crippen LogP contribution in [0.5, 0.6) is 5.75 Å². The fourth-order valence-corrected chi connectivity index (χ4v) is 5.99. The van der Waals surface area contributed by atoms with Crippen molar-refractivity contribution in [3.8, 4) is 5.75 Å². The highest BCUT2D eigenvalue weighted by molar-refractivity contribution is 5.92. The van der Waals surface area contributed by atoms with Crippen molar-refractivity contribution < 1.29 is 14.3 Å². The van der Waals surface area contributed by atoms with Gasteiger partial charge >= 0.3 is 0 Å². The average Bonchev–Trinajstić information content (AvgIpc) is 2.91. The van der Waals surface area contributed by atoms with Crippen LogP contribution in [0, 0.1) is 17.3 Å². The highest BCUT2D eigenvalue weighted by atomic mass is 16.5. The van der Waals surface area contributed by atoms with E-state index in [-0.39, 0.29) is 23.1 Å². The van der Waals surface area contributed by atoms with Gasteiger partial charge in [-0.3, -0.25) is 9.59 Å². The largest absolute Gasteiger partial charge is 0.497 e. The molecule has 0 spiro atoms. The fraction of sp³-hybridized carbons (Fsp3) is 0.636. The highest BCUT2D eigenvalue weighted by Gasteiger charge is 2.58. The van der Waals surface area contributed by atoms with E-state index in [1.54, 1.807) is 7.11 Å². The molecule has 1 aromatic rings. The Balaban J connectivity index is 1.63. The van der Waals surface area contributed by atoms with Crippen molar-refractivity contribution in [2.24, 2.45) is 17.3 Å². The molecule has 0 aliphatic heterocycles. The van der Waals surface area contributed by atoms with Gasteiger partial charge in [-0.15, -0.1) is 0 Å². The summed E-state index contributed by atoms with van der Waals surface area (Å²) in [4.78, 5) is 24.7. The lowest BCUT2D eigenvalue weighted by Crippen LogP contribution is -2.51. The number of hydrogen-bond acceptors (Lipinski definition) is 3. The molecule has 4 heteroatoms. The minimum atomic E-state index is -0.293. The first-order valence-electron chi connectivity index (χ1n) is 9.96. The number of nitrogens with one attached hydrogen (secondary N) is 1. The Morgan fingerprint density at radius 2 is 2.15 bits per heavy atom. The average molecular weight is 355 g/mol. The molecule has 0 heterocycles. The normalized spacial score (nSPS) is 35.3. The number of amides is 1. The molecule has 26 heavy (non-hydrogen) atoms. The molecule has 3 aliphatic carbocycles. The summed E-state index contributed by atoms with van der Waals surface area (Å²) in [6.07, 6.45) is 5.35. The van der Waals surface area contributed by atoms with Crippen LogP contribution in [0.4, 0.5) is 0 Å². The van der Waals surface area contributed by atoms with Gasteiger partial charge in [0.2, 0.25) is 5.91 Å². The van der Waals surface area contributed by atoms with Crippen LogP contribution in [0.15, 0.2) is 18.2 Å². The molecule has 3 aliphatic rings. The number of carbonyl (C=O) groups excluding carboxylic acids is 2. The Bertz CT molecular complexity index is 743. The van der Waals surface area contributed by atoms with E-state index in [0.29, 0.717) is 30.6 Å². The fourth-order valence-electron chi connectivity index (χ4n) is 5.99. The lowest BCUT2D eigenvalue weighted by atomic mass is 9.55. The maximum absolute atomic E-state index is 12.8. The minimum Gasteiger partial charge on any atom is -0.497 e. The summed E-state index contributed by atoms with van der Waals surface area (Å²) < 4.78 is 5.39. The summed E-state index contributed by atoms with van der Waals surface area (Å²) in [5, 5.41) is 3.04. The molecule has 4 rings (SSSR count). The van der Waals surface area contributed by atoms with Crippen molar-refractivity contribution in [2.45, 2.75) is 64.3 Å². The molecule has 0 saturated heterocycles. The summed E-state index contributed by atoms with van der Waals surface area (Å²) in [7, 11) is 1.72. The van der Waals surface area contributed by atoms with Crippen LogP contribution < -0.4 is 10.1 Å². The van der Waals surface area contributed by atoms with Crippen molar-refractivity contribution in [1.29, 1.82) is 0 Å². The second kappa shape index (κ2) is 6.40. The first-order valence-corrected chi connectivity index (χ1v) is 9.96. The third-order valence-corrected chi connectivity index (χ3v) is 7.40. The molecular weight excluding hydrogens is 326 g/mol. The van der Waals surface area contributed by atoms with E-state index in [9.17, 15) is 9.59 Å². The minimum absolute atomic E-state index is 0.00608. The van der Waals surface area contributed by atoms with Gasteiger partial charge in [-0.1, -0.05) is 19.9 Å². The smallest absolute Gasteiger partial charge is 0.220 e. The van der Waals surface area contributed by atoms with Gasteiger partial charge < -0.3 is 10.1 Å². The van der Waals surface area contributed by atoms with Gasteiger partial charge in [-0.2, -0.15) is 0 Å². The van der Waals surface area contributed by atoms with E-state index in [4.69, 9.17) is 4.74 Å². The van der Waals surface area contributed by atoms with Gasteiger partial charge in [0.15, 0.2) is 5.78 Å². The number of Topliss-reactive ketones (excluding diaryl/α,β-unsaturated/α-hetero) is 1. The van der Waals surface area contributed by atoms with Crippen LogP contribution in [0.3, 0.4) is 0 Å². The monoisotopic (exact) mass is 355 g/mol. The number of fused-ring (bicyclic) bond motifs is 5. The van der Waals surface area contributed by atoms with Crippen LogP contribution >= 0.6 is 0 Å². The molecular formula is C22H29NO3. The second-order valence-electron chi connectivity index (χ2n) is 8.55. The van der Waals surface area contributed by atoms with E-state index in [1.807, 2.05) is 6.92 Å². The second-order valence-corrected chi connectivity index (χ2v) is 8.55. The molecule has 1 amide bonds. The Morgan fingerprint density at radius 1 is 1.35 bits per heavy atom. The number of aryl methyl sites for hydroxylation is 1. The third-order valence-electron chi connectivity index (χ3n) is 7.40. The number of benzene rings is 1. The third kappa shape index (κ3) is 2.57. The Morgan fingerprint density at radius 3 is 2.88 bits per heavy atom. The summed E-state index contributed by atoms with van der Waals surface area (Å²) in [6.45, 7) is 4.08. The van der Waals surface area contributed by atoms with Gasteiger partial charge in [0.25, 0.3) is 0 Å². The number of methoxy groups -OCH3 is 1. The van der Waals surface area contributed by atoms with Crippen LogP contribution in [0.25, 0.3) is 0 Å². The zero-order valence-electron chi connectivity index (χ0n) is 16.0. The Kier molecular flexibility index (Phi) is 4.32. The molecule has 0 radical (unpaired) electrons. The van der Waals surface area contributed by atoms with Crippen LogP contribution in [-0.2, 0) is 16.0 Å². The number of carbonyl (C=O) groups is 2. The van der Waals surface area contributed by atoms with E-state index >= 15 is 0 Å². The maximum atomic E-state index is 12.8. The first kappa shape index (κ1) is 17.6. The lowest BCUT2D eigenvalue weighted by Gasteiger charge is -2.50. The maximum Gasteiger partial charge on any atom is 0.220 e. The topological polar surface area (TPSA) is 55.4 Å². The van der Waals surface area contributed by atoms with E-state index in [2.05, 4.69) is 30.4 Å². The molecule has 1 N–H and O–H groups in total. The number of hydrogen-bond donors (Lipinski definition) is 1. The van der Waals surface area contributed by atoms with Crippen LogP contribution in [0.1, 0.15) is 63.0 Å². The van der Waals surface area contributed by atoms with E-state index in [1.165, 1.54) is 11.1 Å². The molecule has 0 bridgehead atoms. The molecule has 140 valence electrons.